The molecule has 1 fully saturated rings. The summed E-state index contributed by atoms with van der Waals surface area (Å²) in [6, 6.07) is 4.74. The van der Waals surface area contributed by atoms with Crippen LogP contribution < -0.4 is 14.8 Å². The van der Waals surface area contributed by atoms with Crippen molar-refractivity contribution in [3.05, 3.63) is 22.2 Å². The van der Waals surface area contributed by atoms with E-state index in [2.05, 4.69) is 39.3 Å². The first-order valence-electron chi connectivity index (χ1n) is 6.23. The van der Waals surface area contributed by atoms with Gasteiger partial charge in [0.1, 0.15) is 13.2 Å². The molecule has 2 aliphatic heterocycles. The number of benzene rings is 1. The summed E-state index contributed by atoms with van der Waals surface area (Å²) in [5, 5.41) is 3.29. The van der Waals surface area contributed by atoms with Crippen molar-refractivity contribution in [1.29, 1.82) is 0 Å². The summed E-state index contributed by atoms with van der Waals surface area (Å²) in [5.74, 6) is 1.70. The second kappa shape index (κ2) is 5.07. The van der Waals surface area contributed by atoms with Crippen LogP contribution in [0.5, 0.6) is 11.5 Å². The Kier molecular flexibility index (Phi) is 3.46. The first-order valence-corrected chi connectivity index (χ1v) is 7.02. The van der Waals surface area contributed by atoms with Crippen LogP contribution in [0.1, 0.15) is 5.56 Å². The van der Waals surface area contributed by atoms with Gasteiger partial charge in [-0.25, -0.2) is 0 Å². The van der Waals surface area contributed by atoms with Gasteiger partial charge in [0.25, 0.3) is 0 Å². The lowest BCUT2D eigenvalue weighted by Gasteiger charge is -2.36. The Balaban J connectivity index is 1.78. The lowest BCUT2D eigenvalue weighted by Crippen LogP contribution is -2.55. The minimum atomic E-state index is 0.631. The molecule has 0 radical (unpaired) electrons. The van der Waals surface area contributed by atoms with Crippen LogP contribution in [0.25, 0.3) is 0 Å². The summed E-state index contributed by atoms with van der Waals surface area (Å²) in [5.41, 5.74) is 1.24. The van der Waals surface area contributed by atoms with E-state index < -0.39 is 0 Å². The zero-order chi connectivity index (χ0) is 12.5. The molecule has 1 N–H and O–H groups in total. The molecule has 4 nitrogen and oxygen atoms in total. The van der Waals surface area contributed by atoms with E-state index in [1.54, 1.807) is 0 Å². The molecule has 98 valence electrons. The molecule has 0 spiro atoms. The molecule has 0 aliphatic carbocycles. The Labute approximate surface area is 115 Å². The first-order chi connectivity index (χ1) is 8.74. The molecule has 0 amide bonds. The van der Waals surface area contributed by atoms with E-state index in [1.807, 2.05) is 6.07 Å². The van der Waals surface area contributed by atoms with Crippen molar-refractivity contribution in [2.24, 2.45) is 0 Å². The normalized spacial score (nSPS) is 18.8. The fraction of sp³-hybridized carbons (Fsp3) is 0.538. The predicted octanol–water partition coefficient (Wildman–Crippen LogP) is 1.62. The third-order valence-corrected chi connectivity index (χ3v) is 4.25. The van der Waals surface area contributed by atoms with Crippen LogP contribution in [0.4, 0.5) is 0 Å². The number of halogens is 1. The van der Waals surface area contributed by atoms with Gasteiger partial charge < -0.3 is 14.8 Å². The number of likely N-dealkylation sites (N-methyl/N-ethyl adjacent to an activating group) is 1. The third-order valence-electron chi connectivity index (χ3n) is 3.51. The molecule has 0 unspecified atom stereocenters. The molecular formula is C13H17BrN2O2. The lowest BCUT2D eigenvalue weighted by molar-refractivity contribution is 0.166. The first kappa shape index (κ1) is 12.3. The zero-order valence-corrected chi connectivity index (χ0v) is 12.0. The quantitative estimate of drug-likeness (QED) is 0.919. The van der Waals surface area contributed by atoms with Gasteiger partial charge in [0.15, 0.2) is 11.5 Å². The number of fused-ring (bicyclic) bond motifs is 1. The highest BCUT2D eigenvalue weighted by Crippen LogP contribution is 2.36. The van der Waals surface area contributed by atoms with Gasteiger partial charge in [-0.05, 0) is 24.7 Å². The Morgan fingerprint density at radius 3 is 2.56 bits per heavy atom. The highest BCUT2D eigenvalue weighted by Gasteiger charge is 2.23. The van der Waals surface area contributed by atoms with E-state index in [0.717, 1.165) is 35.6 Å². The van der Waals surface area contributed by atoms with Gasteiger partial charge in [0.05, 0.1) is 0 Å². The molecule has 0 atom stereocenters. The zero-order valence-electron chi connectivity index (χ0n) is 10.4. The molecule has 1 aromatic carbocycles. The van der Waals surface area contributed by atoms with E-state index >= 15 is 0 Å². The highest BCUT2D eigenvalue weighted by atomic mass is 79.9. The second-order valence-electron chi connectivity index (χ2n) is 4.81. The maximum Gasteiger partial charge on any atom is 0.162 e. The molecule has 0 bridgehead atoms. The van der Waals surface area contributed by atoms with Gasteiger partial charge in [0.2, 0.25) is 0 Å². The third kappa shape index (κ3) is 2.35. The molecule has 2 heterocycles. The number of rotatable bonds is 3. The van der Waals surface area contributed by atoms with Crippen molar-refractivity contribution >= 4 is 15.9 Å². The lowest BCUT2D eigenvalue weighted by atomic mass is 10.1. The predicted molar refractivity (Wildman–Crippen MR) is 73.3 cm³/mol. The van der Waals surface area contributed by atoms with Crippen molar-refractivity contribution in [1.82, 2.24) is 10.2 Å². The van der Waals surface area contributed by atoms with Crippen molar-refractivity contribution in [3.63, 3.8) is 0 Å². The number of nitrogens with one attached hydrogen (secondary N) is 1. The molecule has 0 aromatic heterocycles. The van der Waals surface area contributed by atoms with Crippen LogP contribution in [0.2, 0.25) is 0 Å². The van der Waals surface area contributed by atoms with Gasteiger partial charge in [-0.3, -0.25) is 4.90 Å². The number of nitrogens with zero attached hydrogens (tertiary/aromatic N) is 1. The summed E-state index contributed by atoms with van der Waals surface area (Å²) in [6.07, 6.45) is 0. The van der Waals surface area contributed by atoms with Crippen molar-refractivity contribution in [3.8, 4) is 11.5 Å². The highest BCUT2D eigenvalue weighted by molar-refractivity contribution is 9.10. The fourth-order valence-electron chi connectivity index (χ4n) is 2.21. The van der Waals surface area contributed by atoms with Crippen LogP contribution in [0.15, 0.2) is 16.6 Å². The van der Waals surface area contributed by atoms with Gasteiger partial charge in [-0.2, -0.15) is 0 Å². The smallest absolute Gasteiger partial charge is 0.162 e. The van der Waals surface area contributed by atoms with E-state index in [0.29, 0.717) is 19.3 Å². The van der Waals surface area contributed by atoms with Crippen molar-refractivity contribution in [2.45, 2.75) is 12.6 Å². The summed E-state index contributed by atoms with van der Waals surface area (Å²) >= 11 is 3.62. The molecule has 18 heavy (non-hydrogen) atoms. The van der Waals surface area contributed by atoms with Gasteiger partial charge in [-0.1, -0.05) is 15.9 Å². The molecule has 1 aromatic rings. The van der Waals surface area contributed by atoms with Gasteiger partial charge in [-0.15, -0.1) is 0 Å². The average molecular weight is 313 g/mol. The SMILES string of the molecule is CN(Cc1cc2c(cc1Br)OCCO2)C1CNC1. The average Bonchev–Trinajstić information content (AvgIpc) is 2.27. The number of hydrogen-bond acceptors (Lipinski definition) is 4. The maximum absolute atomic E-state index is 5.62. The summed E-state index contributed by atoms with van der Waals surface area (Å²) in [4.78, 5) is 2.37. The van der Waals surface area contributed by atoms with Crippen LogP contribution in [0.3, 0.4) is 0 Å². The molecule has 5 heteroatoms. The van der Waals surface area contributed by atoms with Gasteiger partial charge >= 0.3 is 0 Å². The molecule has 2 aliphatic rings. The van der Waals surface area contributed by atoms with Crippen molar-refractivity contribution < 1.29 is 9.47 Å². The topological polar surface area (TPSA) is 33.7 Å². The van der Waals surface area contributed by atoms with Crippen LogP contribution in [-0.2, 0) is 6.54 Å². The van der Waals surface area contributed by atoms with Crippen LogP contribution in [0, 0.1) is 0 Å². The minimum absolute atomic E-state index is 0.631. The number of ether oxygens (including phenoxy) is 2. The van der Waals surface area contributed by atoms with Crippen LogP contribution >= 0.6 is 15.9 Å². The number of hydrogen-bond donors (Lipinski definition) is 1. The van der Waals surface area contributed by atoms with Gasteiger partial charge in [0, 0.05) is 30.1 Å². The minimum Gasteiger partial charge on any atom is -0.486 e. The Morgan fingerprint density at radius 1 is 1.28 bits per heavy atom. The summed E-state index contributed by atoms with van der Waals surface area (Å²) in [7, 11) is 2.16. The van der Waals surface area contributed by atoms with Crippen molar-refractivity contribution in [2.75, 3.05) is 33.4 Å². The Morgan fingerprint density at radius 2 is 1.94 bits per heavy atom. The maximum atomic E-state index is 5.62. The summed E-state index contributed by atoms with van der Waals surface area (Å²) < 4.78 is 12.3. The van der Waals surface area contributed by atoms with E-state index in [4.69, 9.17) is 9.47 Å². The Hall–Kier alpha value is -0.780. The fourth-order valence-corrected chi connectivity index (χ4v) is 2.66. The standard InChI is InChI=1S/C13H17BrN2O2/c1-16(10-6-15-7-10)8-9-4-12-13(5-11(9)14)18-3-2-17-12/h4-5,10,15H,2-3,6-8H2,1H3. The van der Waals surface area contributed by atoms with Crippen LogP contribution in [-0.4, -0.2) is 44.3 Å². The second-order valence-corrected chi connectivity index (χ2v) is 5.67. The monoisotopic (exact) mass is 312 g/mol. The largest absolute Gasteiger partial charge is 0.486 e. The molecule has 3 rings (SSSR count). The molecular weight excluding hydrogens is 296 g/mol. The summed E-state index contributed by atoms with van der Waals surface area (Å²) in [6.45, 7) is 4.35. The van der Waals surface area contributed by atoms with E-state index in [-0.39, 0.29) is 0 Å². The Bertz CT molecular complexity index is 449. The molecule has 1 saturated heterocycles. The molecule has 0 saturated carbocycles. The van der Waals surface area contributed by atoms with E-state index in [9.17, 15) is 0 Å². The van der Waals surface area contributed by atoms with E-state index in [1.165, 1.54) is 5.56 Å².